The minimum absolute atomic E-state index is 0.283. The van der Waals surface area contributed by atoms with Crippen molar-refractivity contribution in [1.82, 2.24) is 4.90 Å². The summed E-state index contributed by atoms with van der Waals surface area (Å²) in [5.41, 5.74) is 0. The summed E-state index contributed by atoms with van der Waals surface area (Å²) in [6.45, 7) is 7.37. The average molecular weight is 248 g/mol. The van der Waals surface area contributed by atoms with Gasteiger partial charge in [-0.25, -0.2) is 4.79 Å². The Morgan fingerprint density at radius 2 is 2.12 bits per heavy atom. The fraction of sp³-hybridized carbons (Fsp3) is 0.750. The highest BCUT2D eigenvalue weighted by atomic mass is 35.5. The molecule has 0 N–H and O–H groups in total. The Bertz CT molecular complexity index is 217. The van der Waals surface area contributed by atoms with Crippen LogP contribution in [0.3, 0.4) is 0 Å². The van der Waals surface area contributed by atoms with Gasteiger partial charge in [0.15, 0.2) is 0 Å². The Balaban J connectivity index is 3.91. The summed E-state index contributed by atoms with van der Waals surface area (Å²) in [7, 11) is 0. The Kier molecular flexibility index (Phi) is 9.10. The number of rotatable bonds is 7. The molecule has 0 aromatic carbocycles. The van der Waals surface area contributed by atoms with Gasteiger partial charge in [-0.2, -0.15) is 0 Å². The molecule has 0 unspecified atom stereocenters. The van der Waals surface area contributed by atoms with Crippen LogP contribution in [0.25, 0.3) is 0 Å². The maximum absolute atomic E-state index is 11.6. The molecule has 0 saturated heterocycles. The van der Waals surface area contributed by atoms with Crippen molar-refractivity contribution in [3.8, 4) is 0 Å². The molecular formula is C12H22ClNO2. The summed E-state index contributed by atoms with van der Waals surface area (Å²) >= 11 is 5.58. The van der Waals surface area contributed by atoms with E-state index < -0.39 is 0 Å². The van der Waals surface area contributed by atoms with Crippen LogP contribution < -0.4 is 0 Å². The Labute approximate surface area is 103 Å². The van der Waals surface area contributed by atoms with E-state index in [9.17, 15) is 4.79 Å². The van der Waals surface area contributed by atoms with Gasteiger partial charge >= 0.3 is 6.09 Å². The lowest BCUT2D eigenvalue weighted by molar-refractivity contribution is 0.138. The van der Waals surface area contributed by atoms with Gasteiger partial charge in [-0.05, 0) is 31.8 Å². The molecule has 3 nitrogen and oxygen atoms in total. The van der Waals surface area contributed by atoms with Gasteiger partial charge in [0.2, 0.25) is 0 Å². The molecule has 0 heterocycles. The molecule has 0 fully saturated rings. The lowest BCUT2D eigenvalue weighted by Gasteiger charge is -2.18. The lowest BCUT2D eigenvalue weighted by atomic mass is 10.2. The molecule has 94 valence electrons. The quantitative estimate of drug-likeness (QED) is 0.391. The zero-order valence-corrected chi connectivity index (χ0v) is 11.2. The largest absolute Gasteiger partial charge is 0.418 e. The maximum Gasteiger partial charge on any atom is 0.414 e. The molecule has 0 aliphatic heterocycles. The van der Waals surface area contributed by atoms with E-state index in [1.807, 2.05) is 26.8 Å². The predicted molar refractivity (Wildman–Crippen MR) is 67.7 cm³/mol. The number of hydrogen-bond acceptors (Lipinski definition) is 2. The number of hydrogen-bond donors (Lipinski definition) is 0. The summed E-state index contributed by atoms with van der Waals surface area (Å²) in [5, 5.41) is 0. The topological polar surface area (TPSA) is 29.5 Å². The first-order valence-corrected chi connectivity index (χ1v) is 6.33. The van der Waals surface area contributed by atoms with E-state index in [2.05, 4.69) is 0 Å². The van der Waals surface area contributed by atoms with Crippen molar-refractivity contribution in [1.29, 1.82) is 0 Å². The molecule has 0 aromatic heterocycles. The Morgan fingerprint density at radius 1 is 1.44 bits per heavy atom. The van der Waals surface area contributed by atoms with Gasteiger partial charge in [-0.3, -0.25) is 0 Å². The van der Waals surface area contributed by atoms with E-state index in [-0.39, 0.29) is 6.09 Å². The highest BCUT2D eigenvalue weighted by Gasteiger charge is 2.10. The molecule has 0 aliphatic carbocycles. The maximum atomic E-state index is 11.6. The van der Waals surface area contributed by atoms with Crippen molar-refractivity contribution >= 4 is 17.7 Å². The molecule has 0 atom stereocenters. The molecule has 0 bridgehead atoms. The number of ether oxygens (including phenoxy) is 1. The first-order valence-electron chi connectivity index (χ1n) is 5.80. The van der Waals surface area contributed by atoms with Gasteiger partial charge in [0.25, 0.3) is 0 Å². The first kappa shape index (κ1) is 15.3. The molecule has 4 heteroatoms. The van der Waals surface area contributed by atoms with Crippen LogP contribution >= 0.6 is 11.6 Å². The SMILES string of the molecule is CCN(CCCCCl)C(=O)OC=CC(C)C. The number of allylic oxidation sites excluding steroid dienone is 1. The second-order valence-electron chi connectivity index (χ2n) is 3.93. The number of amides is 1. The van der Waals surface area contributed by atoms with Gasteiger partial charge in [-0.15, -0.1) is 11.6 Å². The fourth-order valence-electron chi connectivity index (χ4n) is 1.10. The van der Waals surface area contributed by atoms with Gasteiger partial charge in [0, 0.05) is 19.0 Å². The number of carbonyl (C=O) groups excluding carboxylic acids is 1. The monoisotopic (exact) mass is 247 g/mol. The number of unbranched alkanes of at least 4 members (excludes halogenated alkanes) is 1. The lowest BCUT2D eigenvalue weighted by Crippen LogP contribution is -2.31. The number of alkyl halides is 1. The third kappa shape index (κ3) is 7.57. The molecule has 0 saturated carbocycles. The van der Waals surface area contributed by atoms with Crippen molar-refractivity contribution in [3.63, 3.8) is 0 Å². The third-order valence-electron chi connectivity index (χ3n) is 2.08. The fourth-order valence-corrected chi connectivity index (χ4v) is 1.29. The summed E-state index contributed by atoms with van der Waals surface area (Å²) in [5.74, 6) is 1.03. The number of halogens is 1. The minimum atomic E-state index is -0.283. The molecule has 0 rings (SSSR count). The van der Waals surface area contributed by atoms with E-state index in [0.29, 0.717) is 24.9 Å². The van der Waals surface area contributed by atoms with Crippen LogP contribution in [0.2, 0.25) is 0 Å². The molecule has 16 heavy (non-hydrogen) atoms. The predicted octanol–water partition coefficient (Wildman–Crippen LogP) is 3.63. The van der Waals surface area contributed by atoms with Gasteiger partial charge in [0.1, 0.15) is 0 Å². The smallest absolute Gasteiger partial charge is 0.414 e. The van der Waals surface area contributed by atoms with Gasteiger partial charge < -0.3 is 9.64 Å². The van der Waals surface area contributed by atoms with Crippen LogP contribution in [0.1, 0.15) is 33.6 Å². The van der Waals surface area contributed by atoms with Crippen molar-refractivity contribution in [2.75, 3.05) is 19.0 Å². The Hall–Kier alpha value is -0.700. The summed E-state index contributed by atoms with van der Waals surface area (Å²) in [6, 6.07) is 0. The second kappa shape index (κ2) is 9.52. The van der Waals surface area contributed by atoms with Crippen molar-refractivity contribution < 1.29 is 9.53 Å². The highest BCUT2D eigenvalue weighted by molar-refractivity contribution is 6.17. The molecule has 0 aliphatic rings. The standard InChI is InChI=1S/C12H22ClNO2/c1-4-14(9-6-5-8-13)12(15)16-10-7-11(2)3/h7,10-11H,4-6,8-9H2,1-3H3. The van der Waals surface area contributed by atoms with Crippen molar-refractivity contribution in [2.45, 2.75) is 33.6 Å². The molecule has 0 spiro atoms. The summed E-state index contributed by atoms with van der Waals surface area (Å²) in [6.07, 6.45) is 4.88. The average Bonchev–Trinajstić information content (AvgIpc) is 2.23. The van der Waals surface area contributed by atoms with Crippen molar-refractivity contribution in [2.24, 2.45) is 5.92 Å². The van der Waals surface area contributed by atoms with Crippen LogP contribution in [0.5, 0.6) is 0 Å². The van der Waals surface area contributed by atoms with E-state index in [1.165, 1.54) is 6.26 Å². The third-order valence-corrected chi connectivity index (χ3v) is 2.35. The zero-order valence-electron chi connectivity index (χ0n) is 10.4. The summed E-state index contributed by atoms with van der Waals surface area (Å²) in [4.78, 5) is 13.2. The molecule has 0 aromatic rings. The van der Waals surface area contributed by atoms with Crippen LogP contribution in [-0.2, 0) is 4.74 Å². The summed E-state index contributed by atoms with van der Waals surface area (Å²) < 4.78 is 5.01. The van der Waals surface area contributed by atoms with E-state index in [0.717, 1.165) is 12.8 Å². The van der Waals surface area contributed by atoms with Crippen molar-refractivity contribution in [3.05, 3.63) is 12.3 Å². The molecular weight excluding hydrogens is 226 g/mol. The van der Waals surface area contributed by atoms with Crippen LogP contribution in [-0.4, -0.2) is 30.0 Å². The number of carbonyl (C=O) groups is 1. The van der Waals surface area contributed by atoms with E-state index in [4.69, 9.17) is 16.3 Å². The molecule has 0 radical (unpaired) electrons. The Morgan fingerprint density at radius 3 is 2.62 bits per heavy atom. The van der Waals surface area contributed by atoms with E-state index in [1.54, 1.807) is 4.90 Å². The zero-order chi connectivity index (χ0) is 12.4. The van der Waals surface area contributed by atoms with Gasteiger partial charge in [0.05, 0.1) is 6.26 Å². The van der Waals surface area contributed by atoms with E-state index >= 15 is 0 Å². The van der Waals surface area contributed by atoms with Crippen LogP contribution in [0.4, 0.5) is 4.79 Å². The van der Waals surface area contributed by atoms with Gasteiger partial charge in [-0.1, -0.05) is 13.8 Å². The number of nitrogens with zero attached hydrogens (tertiary/aromatic N) is 1. The minimum Gasteiger partial charge on any atom is -0.418 e. The second-order valence-corrected chi connectivity index (χ2v) is 4.31. The van der Waals surface area contributed by atoms with Crippen LogP contribution in [0, 0.1) is 5.92 Å². The normalized spacial score (nSPS) is 11.1. The molecule has 1 amide bonds. The highest BCUT2D eigenvalue weighted by Crippen LogP contribution is 2.01. The first-order chi connectivity index (χ1) is 7.61. The van der Waals surface area contributed by atoms with Crippen LogP contribution in [0.15, 0.2) is 12.3 Å².